The van der Waals surface area contributed by atoms with Crippen molar-refractivity contribution in [3.8, 4) is 0 Å². The standard InChI is InChI=1S/C14H23BrN4/c1-11-14(15)13(17(2)16-11)10-18-8-5-12(9-18)19-6-3-4-7-19/h12H,3-10H2,1-2H3. The molecule has 0 aliphatic carbocycles. The highest BCUT2D eigenvalue weighted by Gasteiger charge is 2.29. The number of likely N-dealkylation sites (tertiary alicyclic amines) is 2. The molecule has 2 aliphatic heterocycles. The van der Waals surface area contributed by atoms with Crippen molar-refractivity contribution in [2.24, 2.45) is 7.05 Å². The van der Waals surface area contributed by atoms with Crippen LogP contribution >= 0.6 is 15.9 Å². The summed E-state index contributed by atoms with van der Waals surface area (Å²) in [6.07, 6.45) is 4.11. The summed E-state index contributed by atoms with van der Waals surface area (Å²) in [4.78, 5) is 5.26. The van der Waals surface area contributed by atoms with Gasteiger partial charge in [-0.3, -0.25) is 14.5 Å². The number of hydrogen-bond acceptors (Lipinski definition) is 3. The molecule has 1 aromatic rings. The van der Waals surface area contributed by atoms with Crippen molar-refractivity contribution in [3.05, 3.63) is 15.9 Å². The molecule has 0 radical (unpaired) electrons. The summed E-state index contributed by atoms with van der Waals surface area (Å²) >= 11 is 3.67. The molecule has 3 heterocycles. The van der Waals surface area contributed by atoms with E-state index in [0.717, 1.165) is 18.3 Å². The lowest BCUT2D eigenvalue weighted by Gasteiger charge is -2.23. The van der Waals surface area contributed by atoms with E-state index in [1.54, 1.807) is 0 Å². The SMILES string of the molecule is Cc1nn(C)c(CN2CCC(N3CCCC3)C2)c1Br. The lowest BCUT2D eigenvalue weighted by molar-refractivity contribution is 0.228. The van der Waals surface area contributed by atoms with Crippen LogP contribution in [0.5, 0.6) is 0 Å². The summed E-state index contributed by atoms with van der Waals surface area (Å²) in [5.41, 5.74) is 2.40. The van der Waals surface area contributed by atoms with Gasteiger partial charge in [-0.15, -0.1) is 0 Å². The first-order valence-corrected chi connectivity index (χ1v) is 8.09. The van der Waals surface area contributed by atoms with Crippen molar-refractivity contribution in [2.75, 3.05) is 26.2 Å². The molecule has 0 spiro atoms. The maximum absolute atomic E-state index is 4.48. The largest absolute Gasteiger partial charge is 0.299 e. The van der Waals surface area contributed by atoms with E-state index in [-0.39, 0.29) is 0 Å². The summed E-state index contributed by atoms with van der Waals surface area (Å²) < 4.78 is 3.20. The Balaban J connectivity index is 1.62. The van der Waals surface area contributed by atoms with Crippen LogP contribution in [-0.4, -0.2) is 51.8 Å². The smallest absolute Gasteiger partial charge is 0.0739 e. The topological polar surface area (TPSA) is 24.3 Å². The van der Waals surface area contributed by atoms with Gasteiger partial charge in [-0.2, -0.15) is 5.10 Å². The summed E-state index contributed by atoms with van der Waals surface area (Å²) in [5, 5.41) is 4.48. The second kappa shape index (κ2) is 5.54. The van der Waals surface area contributed by atoms with E-state index in [2.05, 4.69) is 37.8 Å². The quantitative estimate of drug-likeness (QED) is 0.850. The molecule has 1 atom stereocenters. The van der Waals surface area contributed by atoms with Crippen molar-refractivity contribution in [1.82, 2.24) is 19.6 Å². The first kappa shape index (κ1) is 13.6. The number of aryl methyl sites for hydroxylation is 2. The van der Waals surface area contributed by atoms with E-state index in [1.807, 2.05) is 11.7 Å². The molecule has 4 nitrogen and oxygen atoms in total. The van der Waals surface area contributed by atoms with Crippen LogP contribution in [0.15, 0.2) is 4.47 Å². The molecule has 0 saturated carbocycles. The average molecular weight is 327 g/mol. The highest BCUT2D eigenvalue weighted by Crippen LogP contribution is 2.25. The number of rotatable bonds is 3. The van der Waals surface area contributed by atoms with Gasteiger partial charge >= 0.3 is 0 Å². The molecule has 0 N–H and O–H groups in total. The highest BCUT2D eigenvalue weighted by atomic mass is 79.9. The number of nitrogens with zero attached hydrogens (tertiary/aromatic N) is 4. The van der Waals surface area contributed by atoms with Crippen LogP contribution in [0.2, 0.25) is 0 Å². The highest BCUT2D eigenvalue weighted by molar-refractivity contribution is 9.10. The predicted molar refractivity (Wildman–Crippen MR) is 80.1 cm³/mol. The fourth-order valence-electron chi connectivity index (χ4n) is 3.42. The van der Waals surface area contributed by atoms with Crippen LogP contribution in [-0.2, 0) is 13.6 Å². The van der Waals surface area contributed by atoms with Crippen molar-refractivity contribution in [1.29, 1.82) is 0 Å². The summed E-state index contributed by atoms with van der Waals surface area (Å²) in [6.45, 7) is 8.14. The Hall–Kier alpha value is -0.390. The Labute approximate surface area is 123 Å². The molecule has 0 amide bonds. The van der Waals surface area contributed by atoms with Crippen LogP contribution in [0.3, 0.4) is 0 Å². The zero-order valence-electron chi connectivity index (χ0n) is 11.9. The van der Waals surface area contributed by atoms with Gasteiger partial charge in [0.05, 0.1) is 15.9 Å². The molecular formula is C14H23BrN4. The average Bonchev–Trinajstić information content (AvgIpc) is 3.08. The first-order valence-electron chi connectivity index (χ1n) is 7.29. The summed E-state index contributed by atoms with van der Waals surface area (Å²) in [6, 6.07) is 0.788. The van der Waals surface area contributed by atoms with Crippen LogP contribution < -0.4 is 0 Å². The van der Waals surface area contributed by atoms with E-state index in [4.69, 9.17) is 0 Å². The minimum absolute atomic E-state index is 0.788. The van der Waals surface area contributed by atoms with Crippen LogP contribution in [0.25, 0.3) is 0 Å². The molecule has 1 aromatic heterocycles. The van der Waals surface area contributed by atoms with Gasteiger partial charge in [0.2, 0.25) is 0 Å². The molecule has 1 unspecified atom stereocenters. The Morgan fingerprint density at radius 2 is 2.00 bits per heavy atom. The molecule has 5 heteroatoms. The van der Waals surface area contributed by atoms with Gasteiger partial charge in [-0.1, -0.05) is 0 Å². The number of hydrogen-bond donors (Lipinski definition) is 0. The number of halogens is 1. The molecular weight excluding hydrogens is 304 g/mol. The molecule has 3 rings (SSSR count). The summed E-state index contributed by atoms with van der Waals surface area (Å²) in [5.74, 6) is 0. The molecule has 0 aromatic carbocycles. The van der Waals surface area contributed by atoms with Crippen molar-refractivity contribution in [2.45, 2.75) is 38.8 Å². The van der Waals surface area contributed by atoms with Crippen LogP contribution in [0, 0.1) is 6.92 Å². The van der Waals surface area contributed by atoms with Crippen LogP contribution in [0.4, 0.5) is 0 Å². The van der Waals surface area contributed by atoms with Crippen LogP contribution in [0.1, 0.15) is 30.7 Å². The minimum atomic E-state index is 0.788. The third-order valence-electron chi connectivity index (χ3n) is 4.54. The minimum Gasteiger partial charge on any atom is -0.299 e. The second-order valence-electron chi connectivity index (χ2n) is 5.89. The zero-order chi connectivity index (χ0) is 13.4. The van der Waals surface area contributed by atoms with Gasteiger partial charge in [-0.25, -0.2) is 0 Å². The van der Waals surface area contributed by atoms with Gasteiger partial charge < -0.3 is 0 Å². The third kappa shape index (κ3) is 2.73. The van der Waals surface area contributed by atoms with Crippen molar-refractivity contribution < 1.29 is 0 Å². The lowest BCUT2D eigenvalue weighted by Crippen LogP contribution is -2.35. The molecule has 19 heavy (non-hydrogen) atoms. The van der Waals surface area contributed by atoms with Crippen molar-refractivity contribution >= 4 is 15.9 Å². The molecule has 106 valence electrons. The lowest BCUT2D eigenvalue weighted by atomic mass is 10.2. The Morgan fingerprint density at radius 1 is 1.26 bits per heavy atom. The van der Waals surface area contributed by atoms with Gasteiger partial charge in [0.1, 0.15) is 0 Å². The monoisotopic (exact) mass is 326 g/mol. The first-order chi connectivity index (χ1) is 9.15. The fourth-order valence-corrected chi connectivity index (χ4v) is 3.89. The van der Waals surface area contributed by atoms with Gasteiger partial charge in [0.15, 0.2) is 0 Å². The van der Waals surface area contributed by atoms with E-state index in [9.17, 15) is 0 Å². The second-order valence-corrected chi connectivity index (χ2v) is 6.68. The van der Waals surface area contributed by atoms with Gasteiger partial charge in [0, 0.05) is 32.7 Å². The Morgan fingerprint density at radius 3 is 2.63 bits per heavy atom. The van der Waals surface area contributed by atoms with E-state index in [1.165, 1.54) is 55.6 Å². The van der Waals surface area contributed by atoms with Gasteiger partial charge in [0.25, 0.3) is 0 Å². The van der Waals surface area contributed by atoms with Gasteiger partial charge in [-0.05, 0) is 55.2 Å². The zero-order valence-corrected chi connectivity index (χ0v) is 13.5. The molecule has 2 aliphatic rings. The molecule has 2 fully saturated rings. The predicted octanol–water partition coefficient (Wildman–Crippen LogP) is 2.16. The van der Waals surface area contributed by atoms with E-state index >= 15 is 0 Å². The van der Waals surface area contributed by atoms with Crippen molar-refractivity contribution in [3.63, 3.8) is 0 Å². The normalized spacial score (nSPS) is 25.5. The third-order valence-corrected chi connectivity index (χ3v) is 5.57. The molecule has 2 saturated heterocycles. The summed E-state index contributed by atoms with van der Waals surface area (Å²) in [7, 11) is 2.04. The maximum atomic E-state index is 4.48. The van der Waals surface area contributed by atoms with E-state index in [0.29, 0.717) is 0 Å². The van der Waals surface area contributed by atoms with E-state index < -0.39 is 0 Å². The molecule has 0 bridgehead atoms. The number of aromatic nitrogens is 2. The fraction of sp³-hybridized carbons (Fsp3) is 0.786. The Bertz CT molecular complexity index is 451. The Kier molecular flexibility index (Phi) is 3.96. The maximum Gasteiger partial charge on any atom is 0.0739 e.